The quantitative estimate of drug-likeness (QED) is 0.683. The van der Waals surface area contributed by atoms with Gasteiger partial charge < -0.3 is 5.11 Å². The number of carboxylic acid groups (broad SMARTS) is 1. The Bertz CT molecular complexity index is 388. The topological polar surface area (TPSA) is 77.1 Å². The van der Waals surface area contributed by atoms with Crippen LogP contribution in [0.25, 0.3) is 0 Å². The Morgan fingerprint density at radius 2 is 2.38 bits per heavy atom. The highest BCUT2D eigenvalue weighted by Gasteiger charge is 2.26. The molecule has 0 amide bonds. The fraction of sp³-hybridized carbons (Fsp3) is 0.571. The first kappa shape index (κ1) is 8.03. The maximum atomic E-state index is 11.4. The van der Waals surface area contributed by atoms with Crippen LogP contribution in [-0.2, 0) is 11.3 Å². The van der Waals surface area contributed by atoms with E-state index in [1.165, 1.54) is 10.9 Å². The van der Waals surface area contributed by atoms with E-state index in [2.05, 4.69) is 5.10 Å². The minimum absolute atomic E-state index is 0.245. The predicted octanol–water partition coefficient (Wildman–Crippen LogP) is -0.536. The number of carboxylic acids is 1. The molecule has 1 N–H and O–H groups in total. The van der Waals surface area contributed by atoms with Gasteiger partial charge in [0.05, 0.1) is 0 Å². The number of nitrogens with zero attached hydrogens (tertiary/aromatic N) is 3. The summed E-state index contributed by atoms with van der Waals surface area (Å²) in [6.07, 6.45) is 3.38. The number of hydrogen-bond acceptors (Lipinski definition) is 3. The summed E-state index contributed by atoms with van der Waals surface area (Å²) < 4.78 is 2.45. The number of aliphatic carboxylic acids is 1. The molecule has 1 aliphatic carbocycles. The molecule has 0 bridgehead atoms. The van der Waals surface area contributed by atoms with E-state index >= 15 is 0 Å². The van der Waals surface area contributed by atoms with Gasteiger partial charge in [-0.05, 0) is 12.8 Å². The monoisotopic (exact) mass is 183 g/mol. The molecule has 0 radical (unpaired) electrons. The van der Waals surface area contributed by atoms with Crippen LogP contribution in [0.1, 0.15) is 18.9 Å². The molecule has 13 heavy (non-hydrogen) atoms. The van der Waals surface area contributed by atoms with Gasteiger partial charge in [0.1, 0.15) is 12.9 Å². The van der Waals surface area contributed by atoms with E-state index in [1.807, 2.05) is 0 Å². The van der Waals surface area contributed by atoms with Crippen LogP contribution in [0.3, 0.4) is 0 Å². The second kappa shape index (κ2) is 2.72. The summed E-state index contributed by atoms with van der Waals surface area (Å²) in [4.78, 5) is 21.7. The second-order valence-electron chi connectivity index (χ2n) is 3.10. The highest BCUT2D eigenvalue weighted by molar-refractivity contribution is 5.66. The minimum Gasteiger partial charge on any atom is -0.480 e. The standard InChI is InChI=1S/C7H9N3O3/c11-6(12)3-10-7(13)9(4-8-10)5-1-2-5/h4-5H,1-3H2,(H,11,12). The molecule has 1 aromatic rings. The largest absolute Gasteiger partial charge is 0.480 e. The Hall–Kier alpha value is -1.59. The molecule has 6 nitrogen and oxygen atoms in total. The smallest absolute Gasteiger partial charge is 0.346 e. The lowest BCUT2D eigenvalue weighted by molar-refractivity contribution is -0.137. The Balaban J connectivity index is 2.27. The highest BCUT2D eigenvalue weighted by Crippen LogP contribution is 2.32. The SMILES string of the molecule is O=C(O)Cn1ncn(C2CC2)c1=O. The first-order valence-corrected chi connectivity index (χ1v) is 4.04. The number of rotatable bonds is 3. The molecule has 70 valence electrons. The van der Waals surface area contributed by atoms with E-state index in [4.69, 9.17) is 5.11 Å². The van der Waals surface area contributed by atoms with Gasteiger partial charge in [-0.3, -0.25) is 9.36 Å². The summed E-state index contributed by atoms with van der Waals surface area (Å²) in [5.74, 6) is -1.05. The molecule has 6 heteroatoms. The lowest BCUT2D eigenvalue weighted by Crippen LogP contribution is -2.27. The summed E-state index contributed by atoms with van der Waals surface area (Å²) in [7, 11) is 0. The average molecular weight is 183 g/mol. The van der Waals surface area contributed by atoms with E-state index in [0.717, 1.165) is 17.5 Å². The molecular formula is C7H9N3O3. The van der Waals surface area contributed by atoms with Gasteiger partial charge in [-0.2, -0.15) is 5.10 Å². The van der Waals surface area contributed by atoms with Gasteiger partial charge in [-0.1, -0.05) is 0 Å². The number of aromatic nitrogens is 3. The van der Waals surface area contributed by atoms with Gasteiger partial charge in [0.15, 0.2) is 0 Å². The van der Waals surface area contributed by atoms with Crippen molar-refractivity contribution in [1.29, 1.82) is 0 Å². The second-order valence-corrected chi connectivity index (χ2v) is 3.10. The zero-order chi connectivity index (χ0) is 9.42. The van der Waals surface area contributed by atoms with E-state index in [9.17, 15) is 9.59 Å². The van der Waals surface area contributed by atoms with Gasteiger partial charge in [-0.15, -0.1) is 0 Å². The molecule has 1 heterocycles. The van der Waals surface area contributed by atoms with Gasteiger partial charge in [0.2, 0.25) is 0 Å². The number of hydrogen-bond donors (Lipinski definition) is 1. The molecule has 1 fully saturated rings. The van der Waals surface area contributed by atoms with Crippen molar-refractivity contribution in [2.24, 2.45) is 0 Å². The fourth-order valence-electron chi connectivity index (χ4n) is 1.19. The van der Waals surface area contributed by atoms with E-state index < -0.39 is 5.97 Å². The Labute approximate surface area is 73.4 Å². The van der Waals surface area contributed by atoms with E-state index in [1.54, 1.807) is 0 Å². The number of carbonyl (C=O) groups is 1. The molecule has 0 saturated heterocycles. The molecule has 1 aliphatic rings. The maximum absolute atomic E-state index is 11.4. The van der Waals surface area contributed by atoms with Gasteiger partial charge >= 0.3 is 11.7 Å². The van der Waals surface area contributed by atoms with Crippen LogP contribution in [0.5, 0.6) is 0 Å². The lowest BCUT2D eigenvalue weighted by atomic mass is 10.6. The Morgan fingerprint density at radius 1 is 1.69 bits per heavy atom. The van der Waals surface area contributed by atoms with Crippen molar-refractivity contribution >= 4 is 5.97 Å². The normalized spacial score (nSPS) is 16.0. The lowest BCUT2D eigenvalue weighted by Gasteiger charge is -1.93. The third-order valence-electron chi connectivity index (χ3n) is 1.98. The molecular weight excluding hydrogens is 174 g/mol. The van der Waals surface area contributed by atoms with Crippen LogP contribution in [-0.4, -0.2) is 25.4 Å². The van der Waals surface area contributed by atoms with Crippen molar-refractivity contribution in [2.45, 2.75) is 25.4 Å². The average Bonchev–Trinajstić information content (AvgIpc) is 2.81. The van der Waals surface area contributed by atoms with E-state index in [-0.39, 0.29) is 18.3 Å². The van der Waals surface area contributed by atoms with Crippen LogP contribution in [0.4, 0.5) is 0 Å². The molecule has 0 unspecified atom stereocenters. The Kier molecular flexibility index (Phi) is 1.68. The maximum Gasteiger partial charge on any atom is 0.346 e. The van der Waals surface area contributed by atoms with Gasteiger partial charge in [-0.25, -0.2) is 9.48 Å². The summed E-state index contributed by atoms with van der Waals surface area (Å²) in [5, 5.41) is 12.1. The minimum atomic E-state index is -1.05. The van der Waals surface area contributed by atoms with Gasteiger partial charge in [0.25, 0.3) is 0 Å². The molecule has 0 spiro atoms. The third-order valence-corrected chi connectivity index (χ3v) is 1.98. The van der Waals surface area contributed by atoms with Crippen molar-refractivity contribution in [3.8, 4) is 0 Å². The summed E-state index contributed by atoms with van der Waals surface area (Å²) in [6, 6.07) is 0.245. The van der Waals surface area contributed by atoms with Crippen molar-refractivity contribution < 1.29 is 9.90 Å². The zero-order valence-electron chi connectivity index (χ0n) is 6.88. The molecule has 2 rings (SSSR count). The zero-order valence-corrected chi connectivity index (χ0v) is 6.88. The van der Waals surface area contributed by atoms with E-state index in [0.29, 0.717) is 0 Å². The third kappa shape index (κ3) is 1.47. The summed E-state index contributed by atoms with van der Waals surface area (Å²) in [5.41, 5.74) is -0.329. The van der Waals surface area contributed by atoms with Gasteiger partial charge in [0, 0.05) is 6.04 Å². The first-order valence-electron chi connectivity index (χ1n) is 4.04. The summed E-state index contributed by atoms with van der Waals surface area (Å²) in [6.45, 7) is -0.363. The highest BCUT2D eigenvalue weighted by atomic mass is 16.4. The van der Waals surface area contributed by atoms with Crippen molar-refractivity contribution in [3.05, 3.63) is 16.8 Å². The first-order chi connectivity index (χ1) is 6.18. The van der Waals surface area contributed by atoms with Crippen molar-refractivity contribution in [2.75, 3.05) is 0 Å². The van der Waals surface area contributed by atoms with Crippen molar-refractivity contribution in [1.82, 2.24) is 14.3 Å². The predicted molar refractivity (Wildman–Crippen MR) is 42.4 cm³/mol. The van der Waals surface area contributed by atoms with Crippen LogP contribution >= 0.6 is 0 Å². The Morgan fingerprint density at radius 3 is 2.92 bits per heavy atom. The molecule has 1 saturated carbocycles. The molecule has 1 aromatic heterocycles. The van der Waals surface area contributed by atoms with Crippen molar-refractivity contribution in [3.63, 3.8) is 0 Å². The fourth-order valence-corrected chi connectivity index (χ4v) is 1.19. The van der Waals surface area contributed by atoms with Crippen LogP contribution in [0.15, 0.2) is 11.1 Å². The molecule has 0 aromatic carbocycles. The summed E-state index contributed by atoms with van der Waals surface area (Å²) >= 11 is 0. The van der Waals surface area contributed by atoms with Crippen LogP contribution in [0, 0.1) is 0 Å². The molecule has 0 aliphatic heterocycles. The van der Waals surface area contributed by atoms with Crippen LogP contribution < -0.4 is 5.69 Å². The molecule has 0 atom stereocenters. The van der Waals surface area contributed by atoms with Crippen LogP contribution in [0.2, 0.25) is 0 Å².